The molecule has 0 saturated heterocycles. The van der Waals surface area contributed by atoms with Crippen molar-refractivity contribution in [3.05, 3.63) is 24.8 Å². The summed E-state index contributed by atoms with van der Waals surface area (Å²) in [6.07, 6.45) is 15.0. The van der Waals surface area contributed by atoms with Crippen molar-refractivity contribution in [3.8, 4) is 0 Å². The highest BCUT2D eigenvalue weighted by molar-refractivity contribution is 5.81. The highest BCUT2D eigenvalue weighted by Crippen LogP contribution is 2.23. The SMILES string of the molecule is C=CCCC/C=C/CC1CCCCC1=O. The lowest BCUT2D eigenvalue weighted by molar-refractivity contribution is -0.124. The number of hydrogen-bond acceptors (Lipinski definition) is 1. The van der Waals surface area contributed by atoms with Crippen LogP contribution in [0.2, 0.25) is 0 Å². The highest BCUT2D eigenvalue weighted by atomic mass is 16.1. The molecule has 0 aliphatic heterocycles. The molecule has 0 spiro atoms. The van der Waals surface area contributed by atoms with E-state index in [2.05, 4.69) is 18.7 Å². The van der Waals surface area contributed by atoms with Crippen LogP contribution in [0, 0.1) is 5.92 Å². The number of Topliss-reactive ketones (excluding diaryl/α,β-unsaturated/α-hetero) is 1. The number of hydrogen-bond donors (Lipinski definition) is 0. The summed E-state index contributed by atoms with van der Waals surface area (Å²) in [5.74, 6) is 0.811. The summed E-state index contributed by atoms with van der Waals surface area (Å²) in [6.45, 7) is 3.69. The summed E-state index contributed by atoms with van der Waals surface area (Å²) in [6, 6.07) is 0. The number of unbranched alkanes of at least 4 members (excludes halogenated alkanes) is 2. The maximum Gasteiger partial charge on any atom is 0.136 e. The van der Waals surface area contributed by atoms with Gasteiger partial charge in [0.25, 0.3) is 0 Å². The Bertz CT molecular complexity index is 227. The number of ketones is 1. The Labute approximate surface area is 93.3 Å². The molecule has 0 heterocycles. The van der Waals surface area contributed by atoms with Crippen molar-refractivity contribution in [1.82, 2.24) is 0 Å². The molecular weight excluding hydrogens is 184 g/mol. The van der Waals surface area contributed by atoms with E-state index >= 15 is 0 Å². The monoisotopic (exact) mass is 206 g/mol. The second kappa shape index (κ2) is 7.44. The third-order valence-corrected chi connectivity index (χ3v) is 3.05. The van der Waals surface area contributed by atoms with Gasteiger partial charge in [-0.05, 0) is 38.5 Å². The quantitative estimate of drug-likeness (QED) is 0.473. The maximum absolute atomic E-state index is 11.5. The average molecular weight is 206 g/mol. The molecule has 0 amide bonds. The summed E-state index contributed by atoms with van der Waals surface area (Å²) in [7, 11) is 0. The molecule has 0 aromatic rings. The van der Waals surface area contributed by atoms with E-state index in [0.717, 1.165) is 38.5 Å². The fourth-order valence-electron chi connectivity index (χ4n) is 2.06. The van der Waals surface area contributed by atoms with Crippen LogP contribution >= 0.6 is 0 Å². The maximum atomic E-state index is 11.5. The highest BCUT2D eigenvalue weighted by Gasteiger charge is 2.20. The predicted octanol–water partition coefficient (Wildman–Crippen LogP) is 4.05. The van der Waals surface area contributed by atoms with Gasteiger partial charge in [0.15, 0.2) is 0 Å². The lowest BCUT2D eigenvalue weighted by Crippen LogP contribution is -2.17. The molecule has 0 bridgehead atoms. The number of carbonyl (C=O) groups excluding carboxylic acids is 1. The van der Waals surface area contributed by atoms with Gasteiger partial charge in [0, 0.05) is 12.3 Å². The summed E-state index contributed by atoms with van der Waals surface area (Å²) >= 11 is 0. The molecule has 0 N–H and O–H groups in total. The van der Waals surface area contributed by atoms with Gasteiger partial charge >= 0.3 is 0 Å². The van der Waals surface area contributed by atoms with Gasteiger partial charge in [-0.25, -0.2) is 0 Å². The van der Waals surface area contributed by atoms with E-state index in [-0.39, 0.29) is 0 Å². The number of carbonyl (C=O) groups is 1. The van der Waals surface area contributed by atoms with Gasteiger partial charge in [0.2, 0.25) is 0 Å². The second-order valence-electron chi connectivity index (χ2n) is 4.34. The zero-order valence-corrected chi connectivity index (χ0v) is 9.58. The van der Waals surface area contributed by atoms with Crippen LogP contribution in [0.5, 0.6) is 0 Å². The molecule has 1 rings (SSSR count). The number of allylic oxidation sites excluding steroid dienone is 3. The minimum absolute atomic E-state index is 0.328. The largest absolute Gasteiger partial charge is 0.299 e. The van der Waals surface area contributed by atoms with Gasteiger partial charge in [-0.2, -0.15) is 0 Å². The molecule has 1 fully saturated rings. The van der Waals surface area contributed by atoms with Crippen molar-refractivity contribution in [2.45, 2.75) is 51.4 Å². The van der Waals surface area contributed by atoms with Crippen molar-refractivity contribution in [1.29, 1.82) is 0 Å². The lowest BCUT2D eigenvalue weighted by Gasteiger charge is -2.18. The van der Waals surface area contributed by atoms with Crippen molar-refractivity contribution >= 4 is 5.78 Å². The van der Waals surface area contributed by atoms with Crippen LogP contribution in [0.15, 0.2) is 24.8 Å². The molecule has 15 heavy (non-hydrogen) atoms. The van der Waals surface area contributed by atoms with E-state index in [1.807, 2.05) is 6.08 Å². The molecule has 0 radical (unpaired) electrons. The molecule has 0 aromatic carbocycles. The van der Waals surface area contributed by atoms with E-state index in [4.69, 9.17) is 0 Å². The molecule has 1 heteroatoms. The topological polar surface area (TPSA) is 17.1 Å². The van der Waals surface area contributed by atoms with Crippen LogP contribution in [-0.4, -0.2) is 5.78 Å². The van der Waals surface area contributed by atoms with E-state index in [1.54, 1.807) is 0 Å². The average Bonchev–Trinajstić information content (AvgIpc) is 2.25. The summed E-state index contributed by atoms with van der Waals surface area (Å²) in [4.78, 5) is 11.5. The minimum Gasteiger partial charge on any atom is -0.299 e. The van der Waals surface area contributed by atoms with Gasteiger partial charge < -0.3 is 0 Å². The van der Waals surface area contributed by atoms with Gasteiger partial charge in [0.05, 0.1) is 0 Å². The van der Waals surface area contributed by atoms with Crippen LogP contribution in [0.25, 0.3) is 0 Å². The normalized spacial score (nSPS) is 22.1. The molecule has 1 aliphatic rings. The van der Waals surface area contributed by atoms with Crippen LogP contribution in [-0.2, 0) is 4.79 Å². The van der Waals surface area contributed by atoms with Crippen LogP contribution in [0.4, 0.5) is 0 Å². The fraction of sp³-hybridized carbons (Fsp3) is 0.643. The van der Waals surface area contributed by atoms with Crippen molar-refractivity contribution < 1.29 is 4.79 Å². The van der Waals surface area contributed by atoms with Crippen molar-refractivity contribution in [2.75, 3.05) is 0 Å². The first-order chi connectivity index (χ1) is 7.34. The van der Waals surface area contributed by atoms with E-state index in [0.29, 0.717) is 11.7 Å². The summed E-state index contributed by atoms with van der Waals surface area (Å²) < 4.78 is 0. The minimum atomic E-state index is 0.328. The van der Waals surface area contributed by atoms with Crippen LogP contribution in [0.1, 0.15) is 51.4 Å². The smallest absolute Gasteiger partial charge is 0.136 e. The fourth-order valence-corrected chi connectivity index (χ4v) is 2.06. The number of rotatable bonds is 6. The zero-order valence-electron chi connectivity index (χ0n) is 9.58. The molecule has 1 atom stereocenters. The summed E-state index contributed by atoms with van der Waals surface area (Å²) in [5.41, 5.74) is 0. The van der Waals surface area contributed by atoms with Crippen molar-refractivity contribution in [3.63, 3.8) is 0 Å². The summed E-state index contributed by atoms with van der Waals surface area (Å²) in [5, 5.41) is 0. The van der Waals surface area contributed by atoms with Gasteiger partial charge in [-0.3, -0.25) is 4.79 Å². The molecular formula is C14H22O. The Kier molecular flexibility index (Phi) is 6.06. The van der Waals surface area contributed by atoms with Crippen molar-refractivity contribution in [2.24, 2.45) is 5.92 Å². The zero-order chi connectivity index (χ0) is 10.9. The Morgan fingerprint density at radius 1 is 1.27 bits per heavy atom. The first-order valence-corrected chi connectivity index (χ1v) is 6.13. The van der Waals surface area contributed by atoms with E-state index in [1.165, 1.54) is 12.8 Å². The Morgan fingerprint density at radius 2 is 2.13 bits per heavy atom. The third kappa shape index (κ3) is 4.96. The molecule has 1 unspecified atom stereocenters. The van der Waals surface area contributed by atoms with Gasteiger partial charge in [-0.1, -0.05) is 24.6 Å². The van der Waals surface area contributed by atoms with Gasteiger partial charge in [-0.15, -0.1) is 6.58 Å². The molecule has 84 valence electrons. The van der Waals surface area contributed by atoms with Crippen LogP contribution in [0.3, 0.4) is 0 Å². The van der Waals surface area contributed by atoms with E-state index in [9.17, 15) is 4.79 Å². The predicted molar refractivity (Wildman–Crippen MR) is 64.8 cm³/mol. The third-order valence-electron chi connectivity index (χ3n) is 3.05. The first-order valence-electron chi connectivity index (χ1n) is 6.13. The second-order valence-corrected chi connectivity index (χ2v) is 4.34. The lowest BCUT2D eigenvalue weighted by atomic mass is 9.86. The molecule has 1 nitrogen and oxygen atoms in total. The first kappa shape index (κ1) is 12.2. The molecule has 1 aliphatic carbocycles. The Morgan fingerprint density at radius 3 is 2.87 bits per heavy atom. The van der Waals surface area contributed by atoms with Crippen LogP contribution < -0.4 is 0 Å². The molecule has 1 saturated carbocycles. The standard InChI is InChI=1S/C14H22O/c1-2-3-4-5-6-7-10-13-11-8-9-12-14(13)15/h2,6-7,13H,1,3-5,8-12H2/b7-6+. The Balaban J connectivity index is 2.12. The Hall–Kier alpha value is -0.850. The van der Waals surface area contributed by atoms with Gasteiger partial charge in [0.1, 0.15) is 5.78 Å². The van der Waals surface area contributed by atoms with E-state index < -0.39 is 0 Å². The molecule has 0 aromatic heterocycles.